The Morgan fingerprint density at radius 2 is 1.83 bits per heavy atom. The molecule has 0 aromatic heterocycles. The van der Waals surface area contributed by atoms with Gasteiger partial charge in [-0.25, -0.2) is 0 Å². The number of hydrogen-bond donors (Lipinski definition) is 3. The van der Waals surface area contributed by atoms with Crippen molar-refractivity contribution in [3.05, 3.63) is 0 Å². The maximum atomic E-state index is 12.0. The summed E-state index contributed by atoms with van der Waals surface area (Å²) in [7, 11) is 0. The lowest BCUT2D eigenvalue weighted by Gasteiger charge is -2.62. The van der Waals surface area contributed by atoms with Gasteiger partial charge in [-0.1, -0.05) is 31.8 Å². The summed E-state index contributed by atoms with van der Waals surface area (Å²) in [5.74, 6) is 3.42. The van der Waals surface area contributed by atoms with Gasteiger partial charge in [0.1, 0.15) is 5.84 Å². The normalized spacial score (nSPS) is 45.9. The van der Waals surface area contributed by atoms with Crippen LogP contribution < -0.4 is 5.32 Å². The average molecular weight is 419 g/mol. The Labute approximate surface area is 182 Å². The molecule has 1 amide bonds. The lowest BCUT2D eigenvalue weighted by atomic mass is 9.44. The number of aliphatic hydroxyl groups is 1. The molecule has 0 aromatic carbocycles. The predicted octanol–water partition coefficient (Wildman–Crippen LogP) is 5.10. The third-order valence-electron chi connectivity index (χ3n) is 10.2. The SMILES string of the molecule is C/C(=N/O)NC(=O)CCCC1CCC2C3C(O)CC4CCCCC4(C)C3CCC12C. The van der Waals surface area contributed by atoms with Crippen molar-refractivity contribution >= 4 is 11.7 Å². The fourth-order valence-electron chi connectivity index (χ4n) is 8.64. The number of nitrogens with one attached hydrogen (secondary N) is 1. The molecular formula is C25H42N2O3. The summed E-state index contributed by atoms with van der Waals surface area (Å²) < 4.78 is 0. The number of oxime groups is 1. The fourth-order valence-corrected chi connectivity index (χ4v) is 8.64. The first-order valence-corrected chi connectivity index (χ1v) is 12.5. The van der Waals surface area contributed by atoms with E-state index in [0.29, 0.717) is 40.9 Å². The summed E-state index contributed by atoms with van der Waals surface area (Å²) in [5, 5.41) is 25.6. The van der Waals surface area contributed by atoms with Crippen LogP contribution in [-0.2, 0) is 4.79 Å². The molecule has 0 aromatic rings. The lowest BCUT2D eigenvalue weighted by molar-refractivity contribution is -0.162. The number of hydrogen-bond acceptors (Lipinski definition) is 4. The number of aliphatic hydroxyl groups excluding tert-OH is 1. The molecule has 4 saturated carbocycles. The van der Waals surface area contributed by atoms with Gasteiger partial charge in [0.05, 0.1) is 6.10 Å². The summed E-state index contributed by atoms with van der Waals surface area (Å²) in [6.45, 7) is 6.65. The van der Waals surface area contributed by atoms with E-state index in [-0.39, 0.29) is 17.8 Å². The van der Waals surface area contributed by atoms with Gasteiger partial charge < -0.3 is 15.6 Å². The minimum absolute atomic E-state index is 0.0623. The fraction of sp³-hybridized carbons (Fsp3) is 0.920. The molecule has 4 aliphatic carbocycles. The van der Waals surface area contributed by atoms with Gasteiger partial charge in [-0.2, -0.15) is 0 Å². The Kier molecular flexibility index (Phi) is 6.22. The van der Waals surface area contributed by atoms with Crippen molar-refractivity contribution < 1.29 is 15.1 Å². The van der Waals surface area contributed by atoms with Crippen LogP contribution in [0.3, 0.4) is 0 Å². The zero-order valence-corrected chi connectivity index (χ0v) is 19.2. The molecule has 0 radical (unpaired) electrons. The first kappa shape index (κ1) is 22.1. The minimum Gasteiger partial charge on any atom is -0.409 e. The number of carbonyl (C=O) groups is 1. The monoisotopic (exact) mass is 418 g/mol. The maximum absolute atomic E-state index is 12.0. The summed E-state index contributed by atoms with van der Waals surface area (Å²) >= 11 is 0. The van der Waals surface area contributed by atoms with Gasteiger partial charge in [0, 0.05) is 6.42 Å². The first-order valence-electron chi connectivity index (χ1n) is 12.5. The Morgan fingerprint density at radius 3 is 2.60 bits per heavy atom. The van der Waals surface area contributed by atoms with Gasteiger partial charge >= 0.3 is 0 Å². The third kappa shape index (κ3) is 3.69. The smallest absolute Gasteiger partial charge is 0.225 e. The Hall–Kier alpha value is -1.10. The van der Waals surface area contributed by atoms with Gasteiger partial charge in [0.2, 0.25) is 5.91 Å². The minimum atomic E-state index is -0.110. The number of rotatable bonds is 4. The standard InChI is InChI=1S/C25H42N2O3/c1-16(27-30)26-22(29)9-6-8-17-10-11-19-23-20(12-14-25(17,19)3)24(2)13-5-4-7-18(24)15-21(23)28/h17-21,23,28,30H,4-15H2,1-3H3,(H,26,27,29). The number of amides is 1. The molecule has 5 nitrogen and oxygen atoms in total. The molecule has 170 valence electrons. The van der Waals surface area contributed by atoms with Crippen molar-refractivity contribution in [1.82, 2.24) is 5.32 Å². The van der Waals surface area contributed by atoms with Crippen LogP contribution in [0.15, 0.2) is 5.16 Å². The Balaban J connectivity index is 1.41. The van der Waals surface area contributed by atoms with Crippen molar-refractivity contribution in [2.45, 2.75) is 104 Å². The van der Waals surface area contributed by atoms with E-state index in [1.165, 1.54) is 51.4 Å². The molecule has 8 unspecified atom stereocenters. The van der Waals surface area contributed by atoms with E-state index in [4.69, 9.17) is 5.21 Å². The summed E-state index contributed by atoms with van der Waals surface area (Å²) in [4.78, 5) is 12.0. The molecule has 4 aliphatic rings. The second-order valence-electron chi connectivity index (χ2n) is 11.5. The second-order valence-corrected chi connectivity index (χ2v) is 11.5. The molecule has 0 saturated heterocycles. The quantitative estimate of drug-likeness (QED) is 0.257. The van der Waals surface area contributed by atoms with E-state index in [9.17, 15) is 9.90 Å². The Bertz CT molecular complexity index is 679. The zero-order valence-electron chi connectivity index (χ0n) is 19.2. The number of amidine groups is 1. The Morgan fingerprint density at radius 1 is 1.07 bits per heavy atom. The molecule has 5 heteroatoms. The van der Waals surface area contributed by atoms with Crippen LogP contribution in [0.2, 0.25) is 0 Å². The van der Waals surface area contributed by atoms with Crippen LogP contribution in [0.5, 0.6) is 0 Å². The van der Waals surface area contributed by atoms with Crippen LogP contribution >= 0.6 is 0 Å². The topological polar surface area (TPSA) is 81.9 Å². The van der Waals surface area contributed by atoms with E-state index >= 15 is 0 Å². The highest BCUT2D eigenvalue weighted by molar-refractivity contribution is 5.96. The summed E-state index contributed by atoms with van der Waals surface area (Å²) in [5.41, 5.74) is 0.769. The molecule has 3 N–H and O–H groups in total. The van der Waals surface area contributed by atoms with E-state index < -0.39 is 0 Å². The van der Waals surface area contributed by atoms with Crippen molar-refractivity contribution in [1.29, 1.82) is 0 Å². The predicted molar refractivity (Wildman–Crippen MR) is 118 cm³/mol. The molecule has 4 rings (SSSR count). The highest BCUT2D eigenvalue weighted by Crippen LogP contribution is 2.67. The van der Waals surface area contributed by atoms with E-state index in [2.05, 4.69) is 24.3 Å². The van der Waals surface area contributed by atoms with Crippen LogP contribution in [0.1, 0.15) is 97.8 Å². The van der Waals surface area contributed by atoms with Crippen molar-refractivity contribution in [2.24, 2.45) is 45.6 Å². The largest absolute Gasteiger partial charge is 0.409 e. The lowest BCUT2D eigenvalue weighted by Crippen LogP contribution is -2.57. The molecule has 30 heavy (non-hydrogen) atoms. The molecule has 0 spiro atoms. The maximum Gasteiger partial charge on any atom is 0.225 e. The van der Waals surface area contributed by atoms with Gasteiger partial charge in [-0.05, 0) is 105 Å². The third-order valence-corrected chi connectivity index (χ3v) is 10.2. The van der Waals surface area contributed by atoms with Crippen molar-refractivity contribution in [3.8, 4) is 0 Å². The molecule has 8 atom stereocenters. The molecule has 0 aliphatic heterocycles. The second kappa shape index (κ2) is 8.44. The molecule has 0 heterocycles. The summed E-state index contributed by atoms with van der Waals surface area (Å²) in [6.07, 6.45) is 13.9. The zero-order chi connectivity index (χ0) is 21.5. The number of fused-ring (bicyclic) bond motifs is 5. The van der Waals surface area contributed by atoms with E-state index in [1.54, 1.807) is 6.92 Å². The highest BCUT2D eigenvalue weighted by Gasteiger charge is 2.61. The van der Waals surface area contributed by atoms with E-state index in [1.807, 2.05) is 0 Å². The van der Waals surface area contributed by atoms with Gasteiger partial charge in [-0.3, -0.25) is 4.79 Å². The van der Waals surface area contributed by atoms with Crippen LogP contribution in [0, 0.1) is 40.4 Å². The van der Waals surface area contributed by atoms with Crippen molar-refractivity contribution in [3.63, 3.8) is 0 Å². The van der Waals surface area contributed by atoms with Gasteiger partial charge in [0.15, 0.2) is 0 Å². The van der Waals surface area contributed by atoms with Gasteiger partial charge in [0.25, 0.3) is 0 Å². The van der Waals surface area contributed by atoms with Crippen molar-refractivity contribution in [2.75, 3.05) is 0 Å². The molecular weight excluding hydrogens is 376 g/mol. The van der Waals surface area contributed by atoms with Crippen LogP contribution in [0.4, 0.5) is 0 Å². The average Bonchev–Trinajstić information content (AvgIpc) is 3.04. The number of nitrogens with zero attached hydrogens (tertiary/aromatic N) is 1. The van der Waals surface area contributed by atoms with Crippen LogP contribution in [-0.4, -0.2) is 28.2 Å². The summed E-state index contributed by atoms with van der Waals surface area (Å²) in [6, 6.07) is 0. The molecule has 4 fully saturated rings. The van der Waals surface area contributed by atoms with Gasteiger partial charge in [-0.15, -0.1) is 0 Å². The first-order chi connectivity index (χ1) is 14.3. The van der Waals surface area contributed by atoms with E-state index in [0.717, 1.165) is 25.2 Å². The van der Waals surface area contributed by atoms with Crippen LogP contribution in [0.25, 0.3) is 0 Å². The highest BCUT2D eigenvalue weighted by atomic mass is 16.4. The molecule has 0 bridgehead atoms. The number of carbonyl (C=O) groups excluding carboxylic acids is 1.